The Bertz CT molecular complexity index is 521. The first-order chi connectivity index (χ1) is 7.70. The smallest absolute Gasteiger partial charge is 0.258 e. The van der Waals surface area contributed by atoms with Gasteiger partial charge in [0.2, 0.25) is 0 Å². The molecule has 0 unspecified atom stereocenters. The average molecular weight is 212 g/mol. The van der Waals surface area contributed by atoms with Crippen molar-refractivity contribution in [1.29, 1.82) is 0 Å². The van der Waals surface area contributed by atoms with E-state index >= 15 is 0 Å². The molecule has 0 N–H and O–H groups in total. The summed E-state index contributed by atoms with van der Waals surface area (Å²) in [6, 6.07) is 15.4. The number of hydrogen-bond acceptors (Lipinski definition) is 2. The summed E-state index contributed by atoms with van der Waals surface area (Å²) in [5, 5.41) is 11.0. The Morgan fingerprint density at radius 1 is 1.25 bits per heavy atom. The van der Waals surface area contributed by atoms with Crippen LogP contribution in [0.2, 0.25) is 0 Å². The Kier molecular flexibility index (Phi) is 2.68. The molecule has 0 aliphatic heterocycles. The Morgan fingerprint density at radius 3 is 2.69 bits per heavy atom. The first-order valence-electron chi connectivity index (χ1n) is 4.90. The van der Waals surface area contributed by atoms with Crippen molar-refractivity contribution >= 4 is 5.69 Å². The normalized spacial score (nSPS) is 10.1. The van der Waals surface area contributed by atoms with E-state index < -0.39 is 0 Å². The van der Waals surface area contributed by atoms with Gasteiger partial charge in [-0.2, -0.15) is 0 Å². The Balaban J connectivity index is 2.66. The van der Waals surface area contributed by atoms with Gasteiger partial charge < -0.3 is 0 Å². The van der Waals surface area contributed by atoms with Crippen LogP contribution in [0.1, 0.15) is 5.56 Å². The summed E-state index contributed by atoms with van der Waals surface area (Å²) in [5.41, 5.74) is 2.30. The van der Waals surface area contributed by atoms with Gasteiger partial charge in [-0.3, -0.25) is 10.1 Å². The van der Waals surface area contributed by atoms with Crippen LogP contribution in [-0.4, -0.2) is 4.92 Å². The topological polar surface area (TPSA) is 43.1 Å². The van der Waals surface area contributed by atoms with Crippen LogP contribution >= 0.6 is 0 Å². The molecule has 2 rings (SSSR count). The minimum atomic E-state index is -0.336. The van der Waals surface area contributed by atoms with Gasteiger partial charge in [-0.15, -0.1) is 0 Å². The van der Waals surface area contributed by atoms with Crippen LogP contribution in [0.15, 0.2) is 42.5 Å². The highest BCUT2D eigenvalue weighted by molar-refractivity contribution is 5.75. The van der Waals surface area contributed by atoms with Crippen LogP contribution in [-0.2, 0) is 0 Å². The number of hydrogen-bond donors (Lipinski definition) is 0. The van der Waals surface area contributed by atoms with Crippen molar-refractivity contribution in [3.8, 4) is 11.1 Å². The lowest BCUT2D eigenvalue weighted by Gasteiger charge is -2.04. The lowest BCUT2D eigenvalue weighted by atomic mass is 10.0. The molecule has 16 heavy (non-hydrogen) atoms. The van der Waals surface area contributed by atoms with Gasteiger partial charge in [0.05, 0.1) is 10.5 Å². The standard InChI is InChI=1S/C13H10NO2/c1-10-6-5-9-12(13(10)14(15)16)11-7-3-2-4-8-11/h2-3,5-9H,1H3. The van der Waals surface area contributed by atoms with Gasteiger partial charge in [-0.1, -0.05) is 30.3 Å². The summed E-state index contributed by atoms with van der Waals surface area (Å²) in [6.07, 6.45) is 0. The molecule has 0 aliphatic rings. The van der Waals surface area contributed by atoms with Crippen LogP contribution in [0, 0.1) is 23.1 Å². The van der Waals surface area contributed by atoms with E-state index in [4.69, 9.17) is 0 Å². The fraction of sp³-hybridized carbons (Fsp3) is 0.0769. The maximum Gasteiger partial charge on any atom is 0.280 e. The summed E-state index contributed by atoms with van der Waals surface area (Å²) in [4.78, 5) is 10.7. The molecule has 0 heterocycles. The molecule has 0 spiro atoms. The Morgan fingerprint density at radius 2 is 2.06 bits per heavy atom. The van der Waals surface area contributed by atoms with Crippen molar-refractivity contribution in [2.24, 2.45) is 0 Å². The van der Waals surface area contributed by atoms with Gasteiger partial charge in [-0.05, 0) is 30.7 Å². The van der Waals surface area contributed by atoms with E-state index in [1.54, 1.807) is 31.2 Å². The van der Waals surface area contributed by atoms with Gasteiger partial charge >= 0.3 is 0 Å². The van der Waals surface area contributed by atoms with Gasteiger partial charge in [0.25, 0.3) is 5.69 Å². The molecule has 0 saturated heterocycles. The molecular formula is C13H10NO2. The number of aryl methyl sites for hydroxylation is 1. The molecule has 0 amide bonds. The molecule has 2 aromatic carbocycles. The molecule has 0 atom stereocenters. The predicted molar refractivity (Wildman–Crippen MR) is 62.1 cm³/mol. The van der Waals surface area contributed by atoms with E-state index in [9.17, 15) is 10.1 Å². The van der Waals surface area contributed by atoms with Gasteiger partial charge in [0.15, 0.2) is 0 Å². The lowest BCUT2D eigenvalue weighted by molar-refractivity contribution is -0.384. The number of nitro benzene ring substituents is 1. The molecule has 1 radical (unpaired) electrons. The zero-order chi connectivity index (χ0) is 11.5. The van der Waals surface area contributed by atoms with Crippen molar-refractivity contribution in [1.82, 2.24) is 0 Å². The van der Waals surface area contributed by atoms with Crippen LogP contribution in [0.5, 0.6) is 0 Å². The molecule has 0 aliphatic carbocycles. The zero-order valence-electron chi connectivity index (χ0n) is 8.81. The molecule has 0 bridgehead atoms. The molecule has 3 heteroatoms. The maximum absolute atomic E-state index is 11.0. The van der Waals surface area contributed by atoms with Crippen LogP contribution in [0.3, 0.4) is 0 Å². The third kappa shape index (κ3) is 1.80. The molecule has 3 nitrogen and oxygen atoms in total. The maximum atomic E-state index is 11.0. The van der Waals surface area contributed by atoms with Crippen molar-refractivity contribution < 1.29 is 4.92 Å². The van der Waals surface area contributed by atoms with E-state index in [1.807, 2.05) is 18.2 Å². The van der Waals surface area contributed by atoms with Crippen LogP contribution < -0.4 is 0 Å². The summed E-state index contributed by atoms with van der Waals surface area (Å²) in [6.45, 7) is 1.74. The number of nitrogens with zero attached hydrogens (tertiary/aromatic N) is 1. The minimum Gasteiger partial charge on any atom is -0.258 e. The zero-order valence-corrected chi connectivity index (χ0v) is 8.81. The van der Waals surface area contributed by atoms with Crippen LogP contribution in [0.25, 0.3) is 11.1 Å². The number of nitro groups is 1. The van der Waals surface area contributed by atoms with E-state index in [1.165, 1.54) is 0 Å². The first kappa shape index (κ1) is 10.4. The monoisotopic (exact) mass is 212 g/mol. The van der Waals surface area contributed by atoms with Crippen molar-refractivity contribution in [3.63, 3.8) is 0 Å². The van der Waals surface area contributed by atoms with E-state index in [-0.39, 0.29) is 10.6 Å². The van der Waals surface area contributed by atoms with Crippen molar-refractivity contribution in [2.45, 2.75) is 6.92 Å². The minimum absolute atomic E-state index is 0.169. The second-order valence-electron chi connectivity index (χ2n) is 3.52. The SMILES string of the molecule is Cc1cccc(-c2c[c]ccc2)c1[N+](=O)[O-]. The third-order valence-electron chi connectivity index (χ3n) is 2.44. The molecule has 79 valence electrons. The Hall–Kier alpha value is -2.16. The highest BCUT2D eigenvalue weighted by Crippen LogP contribution is 2.31. The second-order valence-corrected chi connectivity index (χ2v) is 3.52. The molecule has 2 aromatic rings. The summed E-state index contributed by atoms with van der Waals surface area (Å²) in [7, 11) is 0. The van der Waals surface area contributed by atoms with E-state index in [0.717, 1.165) is 5.56 Å². The molecule has 0 fully saturated rings. The van der Waals surface area contributed by atoms with Gasteiger partial charge in [-0.25, -0.2) is 0 Å². The fourth-order valence-corrected chi connectivity index (χ4v) is 1.70. The van der Waals surface area contributed by atoms with E-state index in [2.05, 4.69) is 6.07 Å². The summed E-state index contributed by atoms with van der Waals surface area (Å²) >= 11 is 0. The predicted octanol–water partition coefficient (Wildman–Crippen LogP) is 3.37. The molecule has 0 saturated carbocycles. The number of para-hydroxylation sites is 1. The fourth-order valence-electron chi connectivity index (χ4n) is 1.70. The van der Waals surface area contributed by atoms with Crippen LogP contribution in [0.4, 0.5) is 5.69 Å². The highest BCUT2D eigenvalue weighted by Gasteiger charge is 2.17. The number of rotatable bonds is 2. The lowest BCUT2D eigenvalue weighted by Crippen LogP contribution is -1.94. The van der Waals surface area contributed by atoms with Crippen molar-refractivity contribution in [3.05, 3.63) is 64.2 Å². The van der Waals surface area contributed by atoms with E-state index in [0.29, 0.717) is 11.1 Å². The largest absolute Gasteiger partial charge is 0.280 e. The molecular weight excluding hydrogens is 202 g/mol. The molecule has 0 aromatic heterocycles. The second kappa shape index (κ2) is 4.14. The quantitative estimate of drug-likeness (QED) is 0.565. The summed E-state index contributed by atoms with van der Waals surface area (Å²) in [5.74, 6) is 0. The van der Waals surface area contributed by atoms with Gasteiger partial charge in [0.1, 0.15) is 0 Å². The third-order valence-corrected chi connectivity index (χ3v) is 2.44. The first-order valence-corrected chi connectivity index (χ1v) is 4.90. The summed E-state index contributed by atoms with van der Waals surface area (Å²) < 4.78 is 0. The average Bonchev–Trinajstić information content (AvgIpc) is 2.29. The highest BCUT2D eigenvalue weighted by atomic mass is 16.6. The van der Waals surface area contributed by atoms with Crippen molar-refractivity contribution in [2.75, 3.05) is 0 Å². The number of benzene rings is 2. The van der Waals surface area contributed by atoms with Gasteiger partial charge in [0, 0.05) is 5.56 Å². The Labute approximate surface area is 93.5 Å².